The van der Waals surface area contributed by atoms with Crippen molar-refractivity contribution >= 4 is 11.9 Å². The van der Waals surface area contributed by atoms with Crippen LogP contribution in [0.15, 0.2) is 67.4 Å². The number of benzene rings is 1. The third kappa shape index (κ3) is 12.2. The van der Waals surface area contributed by atoms with Crippen LogP contribution in [0.2, 0.25) is 0 Å². The average Bonchev–Trinajstić information content (AvgIpc) is 2.73. The number of hydrogen-bond acceptors (Lipinski definition) is 3. The van der Waals surface area contributed by atoms with Crippen molar-refractivity contribution in [2.24, 2.45) is 0 Å². The molecule has 0 amide bonds. The highest BCUT2D eigenvalue weighted by atomic mass is 16.4. The van der Waals surface area contributed by atoms with Gasteiger partial charge in [-0.25, -0.2) is 0 Å². The number of nitrogens with zero attached hydrogens (tertiary/aromatic N) is 1. The van der Waals surface area contributed by atoms with Gasteiger partial charge in [0.05, 0.1) is 12.8 Å². The molecular weight excluding hydrogens is 366 g/mol. The molecule has 0 spiro atoms. The maximum atomic E-state index is 10.7. The van der Waals surface area contributed by atoms with Crippen LogP contribution in [0.3, 0.4) is 0 Å². The molecule has 2 aromatic rings. The van der Waals surface area contributed by atoms with Gasteiger partial charge in [0.2, 0.25) is 0 Å². The van der Waals surface area contributed by atoms with Gasteiger partial charge in [0.1, 0.15) is 0 Å². The molecule has 0 radical (unpaired) electrons. The van der Waals surface area contributed by atoms with Gasteiger partial charge in [0.25, 0.3) is 0 Å². The van der Waals surface area contributed by atoms with Crippen LogP contribution in [0.4, 0.5) is 0 Å². The molecule has 158 valence electrons. The smallest absolute Gasteiger partial charge is 0.304 e. The molecule has 1 aromatic heterocycles. The van der Waals surface area contributed by atoms with Gasteiger partial charge in [-0.05, 0) is 36.5 Å². The molecule has 0 saturated carbocycles. The van der Waals surface area contributed by atoms with Gasteiger partial charge in [0.15, 0.2) is 0 Å². The van der Waals surface area contributed by atoms with E-state index in [9.17, 15) is 9.59 Å². The van der Waals surface area contributed by atoms with Crippen LogP contribution in [0.5, 0.6) is 0 Å². The molecule has 2 N–H and O–H groups in total. The summed E-state index contributed by atoms with van der Waals surface area (Å²) < 4.78 is 0. The highest BCUT2D eigenvalue weighted by molar-refractivity contribution is 5.68. The molecule has 0 fully saturated rings. The van der Waals surface area contributed by atoms with Crippen molar-refractivity contribution in [3.8, 4) is 0 Å². The largest absolute Gasteiger partial charge is 0.481 e. The molecule has 0 aliphatic heterocycles. The number of carboxylic acids is 2. The number of carbonyl (C=O) groups is 2. The Bertz CT molecular complexity index is 701. The van der Waals surface area contributed by atoms with E-state index in [1.807, 2.05) is 75.4 Å². The van der Waals surface area contributed by atoms with Gasteiger partial charge in [-0.3, -0.25) is 14.6 Å². The summed E-state index contributed by atoms with van der Waals surface area (Å²) in [5.74, 6) is -1.44. The maximum absolute atomic E-state index is 10.7. The van der Waals surface area contributed by atoms with Crippen LogP contribution in [-0.4, -0.2) is 27.1 Å². The minimum Gasteiger partial charge on any atom is -0.481 e. The summed E-state index contributed by atoms with van der Waals surface area (Å²) in [7, 11) is 0. The topological polar surface area (TPSA) is 87.5 Å². The second kappa shape index (κ2) is 16.0. The fraction of sp³-hybridized carbons (Fsp3) is 0.375. The van der Waals surface area contributed by atoms with Crippen LogP contribution in [0.1, 0.15) is 69.5 Å². The standard InChI is InChI=1S/C13H16O2.C9H11NO2.C2H6/c1-2-3-7-12(10-13(14)15)11-8-5-4-6-9-11;1-7(6-9(11)12)8-4-2-3-5-10-8;1-2/h2,4-6,8-9,12H,1,3,7,10H2,(H,14,15);2-5,7H,6H2,1H3,(H,11,12);1-2H3/t12-;7-;/m00./s1. The summed E-state index contributed by atoms with van der Waals surface area (Å²) in [5, 5.41) is 17.3. The van der Waals surface area contributed by atoms with Gasteiger partial charge in [-0.1, -0.05) is 63.2 Å². The number of carboxylic acid groups (broad SMARTS) is 2. The Morgan fingerprint density at radius 2 is 1.59 bits per heavy atom. The summed E-state index contributed by atoms with van der Waals surface area (Å²) in [6.07, 6.45) is 5.53. The summed E-state index contributed by atoms with van der Waals surface area (Å²) in [6.45, 7) is 9.52. The van der Waals surface area contributed by atoms with Crippen molar-refractivity contribution in [3.05, 3.63) is 78.6 Å². The average molecular weight is 400 g/mol. The summed E-state index contributed by atoms with van der Waals surface area (Å²) in [4.78, 5) is 25.1. The zero-order chi connectivity index (χ0) is 22.1. The second-order valence-corrected chi connectivity index (χ2v) is 6.33. The molecule has 0 aliphatic rings. The van der Waals surface area contributed by atoms with Crippen molar-refractivity contribution in [3.63, 3.8) is 0 Å². The third-order valence-electron chi connectivity index (χ3n) is 4.08. The molecule has 2 rings (SSSR count). The predicted octanol–water partition coefficient (Wildman–Crippen LogP) is 5.90. The molecule has 0 aliphatic carbocycles. The van der Waals surface area contributed by atoms with Crippen molar-refractivity contribution < 1.29 is 19.8 Å². The first-order valence-corrected chi connectivity index (χ1v) is 9.94. The molecule has 1 heterocycles. The molecule has 5 heteroatoms. The van der Waals surface area contributed by atoms with Crippen LogP contribution in [0.25, 0.3) is 0 Å². The molecule has 5 nitrogen and oxygen atoms in total. The Morgan fingerprint density at radius 3 is 2.07 bits per heavy atom. The van der Waals surface area contributed by atoms with E-state index in [4.69, 9.17) is 10.2 Å². The number of rotatable bonds is 9. The summed E-state index contributed by atoms with van der Waals surface area (Å²) in [5.41, 5.74) is 1.93. The monoisotopic (exact) mass is 399 g/mol. The molecule has 1 aromatic carbocycles. The predicted molar refractivity (Wildman–Crippen MR) is 117 cm³/mol. The highest BCUT2D eigenvalue weighted by Crippen LogP contribution is 2.24. The van der Waals surface area contributed by atoms with Gasteiger partial charge < -0.3 is 10.2 Å². The van der Waals surface area contributed by atoms with E-state index in [0.29, 0.717) is 0 Å². The Hall–Kier alpha value is -2.95. The van der Waals surface area contributed by atoms with Gasteiger partial charge in [-0.15, -0.1) is 6.58 Å². The zero-order valence-corrected chi connectivity index (χ0v) is 17.6. The minimum atomic E-state index is -0.784. The van der Waals surface area contributed by atoms with Crippen molar-refractivity contribution in [2.45, 2.75) is 58.3 Å². The summed E-state index contributed by atoms with van der Waals surface area (Å²) >= 11 is 0. The van der Waals surface area contributed by atoms with E-state index >= 15 is 0 Å². The van der Waals surface area contributed by atoms with Crippen LogP contribution >= 0.6 is 0 Å². The number of aromatic nitrogens is 1. The SMILES string of the molecule is C=CCC[C@@H](CC(=O)O)c1ccccc1.CC.C[C@@H](CC(=O)O)c1ccccn1. The first kappa shape index (κ1) is 26.1. The third-order valence-corrected chi connectivity index (χ3v) is 4.08. The Labute approximate surface area is 174 Å². The molecule has 0 unspecified atom stereocenters. The van der Waals surface area contributed by atoms with E-state index in [0.717, 1.165) is 24.1 Å². The quantitative estimate of drug-likeness (QED) is 0.513. The molecule has 0 saturated heterocycles. The Balaban J connectivity index is 0.000000508. The fourth-order valence-corrected chi connectivity index (χ4v) is 2.68. The number of aliphatic carboxylic acids is 2. The first-order valence-electron chi connectivity index (χ1n) is 9.94. The highest BCUT2D eigenvalue weighted by Gasteiger charge is 2.14. The second-order valence-electron chi connectivity index (χ2n) is 6.33. The lowest BCUT2D eigenvalue weighted by Gasteiger charge is -2.13. The minimum absolute atomic E-state index is 0.0105. The lowest BCUT2D eigenvalue weighted by Crippen LogP contribution is -2.06. The molecule has 0 bridgehead atoms. The van der Waals surface area contributed by atoms with Crippen molar-refractivity contribution in [1.29, 1.82) is 0 Å². The number of allylic oxidation sites excluding steroid dienone is 1. The van der Waals surface area contributed by atoms with Crippen LogP contribution in [-0.2, 0) is 9.59 Å². The van der Waals surface area contributed by atoms with E-state index in [2.05, 4.69) is 11.6 Å². The van der Waals surface area contributed by atoms with Crippen LogP contribution in [0, 0.1) is 0 Å². The van der Waals surface area contributed by atoms with Crippen LogP contribution < -0.4 is 0 Å². The summed E-state index contributed by atoms with van der Waals surface area (Å²) in [6, 6.07) is 15.3. The zero-order valence-electron chi connectivity index (χ0n) is 17.6. The lowest BCUT2D eigenvalue weighted by molar-refractivity contribution is -0.138. The van der Waals surface area contributed by atoms with Gasteiger partial charge in [0, 0.05) is 17.8 Å². The fourth-order valence-electron chi connectivity index (χ4n) is 2.68. The Morgan fingerprint density at radius 1 is 1.00 bits per heavy atom. The van der Waals surface area contributed by atoms with E-state index in [-0.39, 0.29) is 24.7 Å². The van der Waals surface area contributed by atoms with E-state index < -0.39 is 11.9 Å². The molecule has 29 heavy (non-hydrogen) atoms. The number of hydrogen-bond donors (Lipinski definition) is 2. The van der Waals surface area contributed by atoms with Gasteiger partial charge >= 0.3 is 11.9 Å². The normalized spacial score (nSPS) is 11.6. The first-order chi connectivity index (χ1) is 13.9. The lowest BCUT2D eigenvalue weighted by atomic mass is 9.91. The van der Waals surface area contributed by atoms with Crippen molar-refractivity contribution in [2.75, 3.05) is 0 Å². The van der Waals surface area contributed by atoms with E-state index in [1.165, 1.54) is 0 Å². The maximum Gasteiger partial charge on any atom is 0.304 e. The van der Waals surface area contributed by atoms with Crippen molar-refractivity contribution in [1.82, 2.24) is 4.98 Å². The van der Waals surface area contributed by atoms with Gasteiger partial charge in [-0.2, -0.15) is 0 Å². The van der Waals surface area contributed by atoms with E-state index in [1.54, 1.807) is 6.20 Å². The molecule has 2 atom stereocenters. The number of pyridine rings is 1. The molecular formula is C24H33NO4. The Kier molecular flexibility index (Phi) is 14.4.